The number of hydrogen-bond acceptors (Lipinski definition) is 4. The van der Waals surface area contributed by atoms with Crippen LogP contribution < -0.4 is 0 Å². The maximum atomic E-state index is 12.6. The molecule has 1 aliphatic rings. The molecule has 0 aromatic carbocycles. The van der Waals surface area contributed by atoms with Gasteiger partial charge in [0.1, 0.15) is 0 Å². The SMILES string of the molecule is CCCC(CCC)C(=O)N1CCN(CC(=O)c2ccco2)CC1. The second-order valence-corrected chi connectivity index (χ2v) is 6.28. The standard InChI is InChI=1S/C18H28N2O3/c1-3-6-15(7-4-2)18(22)20-11-9-19(10-12-20)14-16(21)17-8-5-13-23-17/h5,8,13,15H,3-4,6-7,9-12,14H2,1-2H3. The molecule has 0 N–H and O–H groups in total. The minimum atomic E-state index is 0.00428. The Bertz CT molecular complexity index is 484. The Labute approximate surface area is 138 Å². The smallest absolute Gasteiger partial charge is 0.225 e. The summed E-state index contributed by atoms with van der Waals surface area (Å²) < 4.78 is 5.14. The molecule has 1 fully saturated rings. The van der Waals surface area contributed by atoms with Crippen LogP contribution in [0.3, 0.4) is 0 Å². The molecule has 1 aromatic rings. The maximum absolute atomic E-state index is 12.6. The van der Waals surface area contributed by atoms with Crippen molar-refractivity contribution in [3.8, 4) is 0 Å². The normalized spacial score (nSPS) is 16.0. The molecule has 1 saturated heterocycles. The van der Waals surface area contributed by atoms with E-state index in [-0.39, 0.29) is 11.7 Å². The van der Waals surface area contributed by atoms with E-state index in [2.05, 4.69) is 18.7 Å². The summed E-state index contributed by atoms with van der Waals surface area (Å²) in [5, 5.41) is 0. The van der Waals surface area contributed by atoms with Gasteiger partial charge >= 0.3 is 0 Å². The Kier molecular flexibility index (Phi) is 6.84. The van der Waals surface area contributed by atoms with Crippen molar-refractivity contribution in [2.45, 2.75) is 39.5 Å². The van der Waals surface area contributed by atoms with E-state index in [0.717, 1.165) is 38.8 Å². The number of hydrogen-bond donors (Lipinski definition) is 0. The average molecular weight is 320 g/mol. The number of nitrogens with zero attached hydrogens (tertiary/aromatic N) is 2. The molecule has 0 bridgehead atoms. The van der Waals surface area contributed by atoms with Crippen molar-refractivity contribution in [2.24, 2.45) is 5.92 Å². The molecular weight excluding hydrogens is 292 g/mol. The highest BCUT2D eigenvalue weighted by atomic mass is 16.3. The number of amides is 1. The molecule has 0 spiro atoms. The van der Waals surface area contributed by atoms with Crippen molar-refractivity contribution in [3.05, 3.63) is 24.2 Å². The van der Waals surface area contributed by atoms with Gasteiger partial charge in [-0.05, 0) is 25.0 Å². The minimum Gasteiger partial charge on any atom is -0.461 e. The zero-order valence-electron chi connectivity index (χ0n) is 14.3. The van der Waals surface area contributed by atoms with Crippen LogP contribution in [0.1, 0.15) is 50.1 Å². The Hall–Kier alpha value is -1.62. The fraction of sp³-hybridized carbons (Fsp3) is 0.667. The molecule has 1 aliphatic heterocycles. The monoisotopic (exact) mass is 320 g/mol. The van der Waals surface area contributed by atoms with Gasteiger partial charge in [0.15, 0.2) is 5.76 Å². The molecular formula is C18H28N2O3. The number of carbonyl (C=O) groups is 2. The van der Waals surface area contributed by atoms with Crippen LogP contribution in [-0.4, -0.2) is 54.2 Å². The topological polar surface area (TPSA) is 53.8 Å². The third kappa shape index (κ3) is 4.93. The summed E-state index contributed by atoms with van der Waals surface area (Å²) in [5.41, 5.74) is 0. The maximum Gasteiger partial charge on any atom is 0.225 e. The van der Waals surface area contributed by atoms with Crippen LogP contribution in [0.15, 0.2) is 22.8 Å². The van der Waals surface area contributed by atoms with E-state index in [4.69, 9.17) is 4.42 Å². The van der Waals surface area contributed by atoms with E-state index in [1.54, 1.807) is 12.1 Å². The molecule has 128 valence electrons. The molecule has 23 heavy (non-hydrogen) atoms. The van der Waals surface area contributed by atoms with Gasteiger partial charge < -0.3 is 9.32 Å². The van der Waals surface area contributed by atoms with Gasteiger partial charge in [-0.1, -0.05) is 26.7 Å². The highest BCUT2D eigenvalue weighted by Gasteiger charge is 2.27. The molecule has 5 nitrogen and oxygen atoms in total. The van der Waals surface area contributed by atoms with Crippen molar-refractivity contribution in [1.29, 1.82) is 0 Å². The van der Waals surface area contributed by atoms with Gasteiger partial charge in [0.25, 0.3) is 0 Å². The Morgan fingerprint density at radius 1 is 1.13 bits per heavy atom. The second-order valence-electron chi connectivity index (χ2n) is 6.28. The first-order valence-corrected chi connectivity index (χ1v) is 8.73. The van der Waals surface area contributed by atoms with Crippen molar-refractivity contribution < 1.29 is 14.0 Å². The lowest BCUT2D eigenvalue weighted by Crippen LogP contribution is -2.51. The molecule has 0 aliphatic carbocycles. The number of piperazine rings is 1. The van der Waals surface area contributed by atoms with Gasteiger partial charge in [-0.15, -0.1) is 0 Å². The van der Waals surface area contributed by atoms with E-state index in [1.165, 1.54) is 6.26 Å². The third-order valence-corrected chi connectivity index (χ3v) is 4.47. The number of rotatable bonds is 8. The van der Waals surface area contributed by atoms with E-state index >= 15 is 0 Å². The van der Waals surface area contributed by atoms with Gasteiger partial charge in [0, 0.05) is 32.1 Å². The van der Waals surface area contributed by atoms with Gasteiger partial charge in [-0.2, -0.15) is 0 Å². The van der Waals surface area contributed by atoms with Crippen molar-refractivity contribution in [1.82, 2.24) is 9.80 Å². The lowest BCUT2D eigenvalue weighted by atomic mass is 9.96. The first kappa shape index (κ1) is 17.7. The zero-order chi connectivity index (χ0) is 16.7. The van der Waals surface area contributed by atoms with Crippen LogP contribution in [0, 0.1) is 5.92 Å². The summed E-state index contributed by atoms with van der Waals surface area (Å²) in [6, 6.07) is 3.42. The van der Waals surface area contributed by atoms with Crippen LogP contribution in [0.2, 0.25) is 0 Å². The summed E-state index contributed by atoms with van der Waals surface area (Å²) in [7, 11) is 0. The number of furan rings is 1. The van der Waals surface area contributed by atoms with E-state index in [1.807, 2.05) is 4.90 Å². The van der Waals surface area contributed by atoms with Crippen LogP contribution in [-0.2, 0) is 4.79 Å². The van der Waals surface area contributed by atoms with Gasteiger partial charge in [0.2, 0.25) is 11.7 Å². The Morgan fingerprint density at radius 3 is 2.30 bits per heavy atom. The summed E-state index contributed by atoms with van der Waals surface area (Å²) in [6.45, 7) is 7.57. The molecule has 5 heteroatoms. The molecule has 1 aromatic heterocycles. The number of ketones is 1. The van der Waals surface area contributed by atoms with E-state index in [0.29, 0.717) is 31.3 Å². The molecule has 0 unspecified atom stereocenters. The first-order valence-electron chi connectivity index (χ1n) is 8.73. The Balaban J connectivity index is 1.80. The van der Waals surface area contributed by atoms with Crippen LogP contribution in [0.4, 0.5) is 0 Å². The van der Waals surface area contributed by atoms with E-state index in [9.17, 15) is 9.59 Å². The first-order chi connectivity index (χ1) is 11.2. The third-order valence-electron chi connectivity index (χ3n) is 4.47. The second kappa shape index (κ2) is 8.87. The van der Waals surface area contributed by atoms with Gasteiger partial charge in [0.05, 0.1) is 12.8 Å². The molecule has 0 radical (unpaired) electrons. The van der Waals surface area contributed by atoms with Crippen LogP contribution >= 0.6 is 0 Å². The van der Waals surface area contributed by atoms with Crippen molar-refractivity contribution in [3.63, 3.8) is 0 Å². The predicted molar refractivity (Wildman–Crippen MR) is 89.4 cm³/mol. The summed E-state index contributed by atoms with van der Waals surface area (Å²) >= 11 is 0. The quantitative estimate of drug-likeness (QED) is 0.691. The fourth-order valence-electron chi connectivity index (χ4n) is 3.19. The van der Waals surface area contributed by atoms with E-state index < -0.39 is 0 Å². The van der Waals surface area contributed by atoms with Crippen molar-refractivity contribution >= 4 is 11.7 Å². The summed E-state index contributed by atoms with van der Waals surface area (Å²) in [6.07, 6.45) is 5.57. The van der Waals surface area contributed by atoms with Gasteiger partial charge in [-0.25, -0.2) is 0 Å². The largest absolute Gasteiger partial charge is 0.461 e. The predicted octanol–water partition coefficient (Wildman–Crippen LogP) is 2.82. The summed E-state index contributed by atoms with van der Waals surface area (Å²) in [4.78, 5) is 28.7. The molecule has 0 atom stereocenters. The highest BCUT2D eigenvalue weighted by molar-refractivity contribution is 5.95. The zero-order valence-corrected chi connectivity index (χ0v) is 14.3. The molecule has 1 amide bonds. The fourth-order valence-corrected chi connectivity index (χ4v) is 3.19. The molecule has 2 rings (SSSR count). The highest BCUT2D eigenvalue weighted by Crippen LogP contribution is 2.18. The number of Topliss-reactive ketones (excluding diaryl/α,β-unsaturated/α-hetero) is 1. The lowest BCUT2D eigenvalue weighted by molar-refractivity contribution is -0.137. The van der Waals surface area contributed by atoms with Crippen molar-refractivity contribution in [2.75, 3.05) is 32.7 Å². The number of carbonyl (C=O) groups excluding carboxylic acids is 2. The molecule has 0 saturated carbocycles. The van der Waals surface area contributed by atoms with Crippen LogP contribution in [0.5, 0.6) is 0 Å². The van der Waals surface area contributed by atoms with Crippen LogP contribution in [0.25, 0.3) is 0 Å². The minimum absolute atomic E-state index is 0.00428. The lowest BCUT2D eigenvalue weighted by Gasteiger charge is -2.36. The Morgan fingerprint density at radius 2 is 1.78 bits per heavy atom. The average Bonchev–Trinajstić information content (AvgIpc) is 3.09. The molecule has 2 heterocycles. The van der Waals surface area contributed by atoms with Gasteiger partial charge in [-0.3, -0.25) is 14.5 Å². The summed E-state index contributed by atoms with van der Waals surface area (Å²) in [5.74, 6) is 0.881.